The van der Waals surface area contributed by atoms with Crippen LogP contribution in [0.2, 0.25) is 0 Å². The molecule has 148 valence electrons. The van der Waals surface area contributed by atoms with Crippen LogP contribution in [0.15, 0.2) is 36.4 Å². The predicted octanol–water partition coefficient (Wildman–Crippen LogP) is 3.25. The SMILES string of the molecule is COc1ccc(N2CC(NC(=O)Nc3cc(C)ccc3C)CC2=O)cc1OC. The molecule has 0 saturated carbocycles. The third kappa shape index (κ3) is 4.19. The largest absolute Gasteiger partial charge is 0.493 e. The zero-order valence-corrected chi connectivity index (χ0v) is 16.5. The van der Waals surface area contributed by atoms with Gasteiger partial charge >= 0.3 is 6.03 Å². The minimum atomic E-state index is -0.319. The molecule has 7 heteroatoms. The normalized spacial score (nSPS) is 16.1. The molecule has 1 fully saturated rings. The van der Waals surface area contributed by atoms with Gasteiger partial charge in [-0.15, -0.1) is 0 Å². The molecule has 2 aromatic carbocycles. The molecule has 1 saturated heterocycles. The van der Waals surface area contributed by atoms with Crippen LogP contribution in [0.25, 0.3) is 0 Å². The van der Waals surface area contributed by atoms with Crippen molar-refractivity contribution in [2.45, 2.75) is 26.3 Å². The minimum absolute atomic E-state index is 0.0516. The van der Waals surface area contributed by atoms with Crippen LogP contribution in [0.4, 0.5) is 16.2 Å². The van der Waals surface area contributed by atoms with Gasteiger partial charge in [-0.3, -0.25) is 4.79 Å². The molecule has 1 atom stereocenters. The Morgan fingerprint density at radius 2 is 1.82 bits per heavy atom. The molecule has 3 amide bonds. The van der Waals surface area contributed by atoms with E-state index in [1.807, 2.05) is 32.0 Å². The van der Waals surface area contributed by atoms with Crippen molar-refractivity contribution in [3.63, 3.8) is 0 Å². The topological polar surface area (TPSA) is 79.9 Å². The lowest BCUT2D eigenvalue weighted by atomic mass is 10.1. The molecule has 0 spiro atoms. The zero-order valence-electron chi connectivity index (χ0n) is 16.5. The molecule has 0 aromatic heterocycles. The number of nitrogens with zero attached hydrogens (tertiary/aromatic N) is 1. The highest BCUT2D eigenvalue weighted by Crippen LogP contribution is 2.33. The van der Waals surface area contributed by atoms with Crippen molar-refractivity contribution < 1.29 is 19.1 Å². The van der Waals surface area contributed by atoms with E-state index in [9.17, 15) is 9.59 Å². The molecular weight excluding hydrogens is 358 g/mol. The van der Waals surface area contributed by atoms with E-state index in [-0.39, 0.29) is 24.4 Å². The highest BCUT2D eigenvalue weighted by molar-refractivity contribution is 5.98. The van der Waals surface area contributed by atoms with Crippen molar-refractivity contribution in [1.29, 1.82) is 0 Å². The van der Waals surface area contributed by atoms with Gasteiger partial charge in [0, 0.05) is 30.4 Å². The number of hydrogen-bond acceptors (Lipinski definition) is 4. The van der Waals surface area contributed by atoms with E-state index in [0.29, 0.717) is 23.7 Å². The lowest BCUT2D eigenvalue weighted by molar-refractivity contribution is -0.117. The van der Waals surface area contributed by atoms with Crippen molar-refractivity contribution in [1.82, 2.24) is 5.32 Å². The summed E-state index contributed by atoms with van der Waals surface area (Å²) in [4.78, 5) is 26.5. The summed E-state index contributed by atoms with van der Waals surface area (Å²) >= 11 is 0. The summed E-state index contributed by atoms with van der Waals surface area (Å²) in [6, 6.07) is 10.6. The molecule has 28 heavy (non-hydrogen) atoms. The van der Waals surface area contributed by atoms with Crippen LogP contribution in [-0.4, -0.2) is 38.7 Å². The number of aryl methyl sites for hydroxylation is 2. The number of amides is 3. The van der Waals surface area contributed by atoms with Crippen molar-refractivity contribution in [2.75, 3.05) is 31.0 Å². The Bertz CT molecular complexity index is 897. The van der Waals surface area contributed by atoms with E-state index in [0.717, 1.165) is 16.8 Å². The first kappa shape index (κ1) is 19.5. The van der Waals surface area contributed by atoms with Gasteiger partial charge in [0.25, 0.3) is 0 Å². The highest BCUT2D eigenvalue weighted by Gasteiger charge is 2.32. The Morgan fingerprint density at radius 1 is 1.07 bits per heavy atom. The van der Waals surface area contributed by atoms with Crippen LogP contribution in [0, 0.1) is 13.8 Å². The fraction of sp³-hybridized carbons (Fsp3) is 0.333. The summed E-state index contributed by atoms with van der Waals surface area (Å²) in [5.41, 5.74) is 3.52. The maximum Gasteiger partial charge on any atom is 0.319 e. The van der Waals surface area contributed by atoms with Gasteiger partial charge in [-0.05, 0) is 43.2 Å². The molecule has 1 unspecified atom stereocenters. The Morgan fingerprint density at radius 3 is 2.54 bits per heavy atom. The van der Waals surface area contributed by atoms with Gasteiger partial charge in [-0.1, -0.05) is 12.1 Å². The van der Waals surface area contributed by atoms with Crippen LogP contribution < -0.4 is 25.0 Å². The number of ether oxygens (including phenoxy) is 2. The van der Waals surface area contributed by atoms with Crippen molar-refractivity contribution in [3.05, 3.63) is 47.5 Å². The number of rotatable bonds is 5. The van der Waals surface area contributed by atoms with E-state index < -0.39 is 0 Å². The number of urea groups is 1. The van der Waals surface area contributed by atoms with Gasteiger partial charge in [-0.2, -0.15) is 0 Å². The number of carbonyl (C=O) groups is 2. The maximum atomic E-state index is 12.5. The van der Waals surface area contributed by atoms with E-state index in [2.05, 4.69) is 10.6 Å². The van der Waals surface area contributed by atoms with Crippen molar-refractivity contribution in [2.24, 2.45) is 0 Å². The fourth-order valence-corrected chi connectivity index (χ4v) is 3.26. The van der Waals surface area contributed by atoms with Crippen LogP contribution in [-0.2, 0) is 4.79 Å². The Hall–Kier alpha value is -3.22. The van der Waals surface area contributed by atoms with Crippen molar-refractivity contribution >= 4 is 23.3 Å². The second-order valence-electron chi connectivity index (χ2n) is 6.86. The standard InChI is InChI=1S/C21H25N3O4/c1-13-5-6-14(2)17(9-13)23-21(26)22-15-10-20(25)24(12-15)16-7-8-18(27-3)19(11-16)28-4/h5-9,11,15H,10,12H2,1-4H3,(H2,22,23,26). The third-order valence-corrected chi connectivity index (χ3v) is 4.78. The summed E-state index contributed by atoms with van der Waals surface area (Å²) in [5.74, 6) is 1.10. The quantitative estimate of drug-likeness (QED) is 0.831. The van der Waals surface area contributed by atoms with Gasteiger partial charge < -0.3 is 25.0 Å². The maximum absolute atomic E-state index is 12.5. The lowest BCUT2D eigenvalue weighted by Gasteiger charge is -2.19. The molecule has 7 nitrogen and oxygen atoms in total. The number of hydrogen-bond donors (Lipinski definition) is 2. The third-order valence-electron chi connectivity index (χ3n) is 4.78. The molecule has 1 aliphatic rings. The molecule has 0 bridgehead atoms. The van der Waals surface area contributed by atoms with Crippen LogP contribution >= 0.6 is 0 Å². The second kappa shape index (κ2) is 8.21. The minimum Gasteiger partial charge on any atom is -0.493 e. The Labute approximate surface area is 164 Å². The van der Waals surface area contributed by atoms with Crippen LogP contribution in [0.5, 0.6) is 11.5 Å². The first-order valence-electron chi connectivity index (χ1n) is 9.08. The fourth-order valence-electron chi connectivity index (χ4n) is 3.26. The van der Waals surface area contributed by atoms with E-state index in [1.54, 1.807) is 37.3 Å². The van der Waals surface area contributed by atoms with Crippen molar-refractivity contribution in [3.8, 4) is 11.5 Å². The number of methoxy groups -OCH3 is 2. The summed E-state index contributed by atoms with van der Waals surface area (Å²) in [6.07, 6.45) is 0.245. The number of anilines is 2. The Kier molecular flexibility index (Phi) is 5.73. The first-order valence-corrected chi connectivity index (χ1v) is 9.08. The van der Waals surface area contributed by atoms with Gasteiger partial charge in [0.05, 0.1) is 20.3 Å². The average Bonchev–Trinajstić information content (AvgIpc) is 3.04. The first-order chi connectivity index (χ1) is 13.4. The molecule has 2 N–H and O–H groups in total. The monoisotopic (exact) mass is 383 g/mol. The van der Waals surface area contributed by atoms with Crippen LogP contribution in [0.3, 0.4) is 0 Å². The average molecular weight is 383 g/mol. The number of nitrogens with one attached hydrogen (secondary N) is 2. The van der Waals surface area contributed by atoms with E-state index in [1.165, 1.54) is 0 Å². The van der Waals surface area contributed by atoms with Gasteiger partial charge in [0.2, 0.25) is 5.91 Å². The number of benzene rings is 2. The molecule has 0 aliphatic carbocycles. The summed E-state index contributed by atoms with van der Waals surface area (Å²) in [5, 5.41) is 5.75. The smallest absolute Gasteiger partial charge is 0.319 e. The number of carbonyl (C=O) groups excluding carboxylic acids is 2. The van der Waals surface area contributed by atoms with E-state index >= 15 is 0 Å². The van der Waals surface area contributed by atoms with Gasteiger partial charge in [-0.25, -0.2) is 4.79 Å². The molecule has 3 rings (SSSR count). The van der Waals surface area contributed by atoms with Crippen LogP contribution in [0.1, 0.15) is 17.5 Å². The molecule has 0 radical (unpaired) electrons. The lowest BCUT2D eigenvalue weighted by Crippen LogP contribution is -2.39. The predicted molar refractivity (Wildman–Crippen MR) is 108 cm³/mol. The molecule has 1 heterocycles. The van der Waals surface area contributed by atoms with Gasteiger partial charge in [0.15, 0.2) is 11.5 Å². The molecule has 2 aromatic rings. The summed E-state index contributed by atoms with van der Waals surface area (Å²) in [7, 11) is 3.11. The van der Waals surface area contributed by atoms with E-state index in [4.69, 9.17) is 9.47 Å². The zero-order chi connectivity index (χ0) is 20.3. The summed E-state index contributed by atoms with van der Waals surface area (Å²) < 4.78 is 10.5. The summed E-state index contributed by atoms with van der Waals surface area (Å²) in [6.45, 7) is 4.31. The second-order valence-corrected chi connectivity index (χ2v) is 6.86. The van der Waals surface area contributed by atoms with Gasteiger partial charge in [0.1, 0.15) is 0 Å². The highest BCUT2D eigenvalue weighted by atomic mass is 16.5. The molecule has 1 aliphatic heterocycles. The Balaban J connectivity index is 1.66. The molecular formula is C21H25N3O4.